The van der Waals surface area contributed by atoms with Gasteiger partial charge in [0.15, 0.2) is 0 Å². The Morgan fingerprint density at radius 2 is 1.85 bits per heavy atom. The van der Waals surface area contributed by atoms with Crippen LogP contribution in [0.4, 0.5) is 11.6 Å². The van der Waals surface area contributed by atoms with E-state index in [0.29, 0.717) is 17.8 Å². The number of aromatic nitrogens is 2. The van der Waals surface area contributed by atoms with E-state index in [-0.39, 0.29) is 0 Å². The van der Waals surface area contributed by atoms with Crippen molar-refractivity contribution in [3.8, 4) is 0 Å². The topological polar surface area (TPSA) is 55.0 Å². The molecule has 0 bridgehead atoms. The van der Waals surface area contributed by atoms with Gasteiger partial charge in [-0.2, -0.15) is 0 Å². The van der Waals surface area contributed by atoms with E-state index in [2.05, 4.69) is 16.8 Å². The average molecular weight is 272 g/mol. The highest BCUT2D eigenvalue weighted by Gasteiger charge is 2.38. The molecule has 4 nitrogen and oxygen atoms in total. The number of hydrogen-bond donors (Lipinski definition) is 1. The summed E-state index contributed by atoms with van der Waals surface area (Å²) >= 11 is 0. The first-order valence-electron chi connectivity index (χ1n) is 8.14. The van der Waals surface area contributed by atoms with Crippen LogP contribution in [0.5, 0.6) is 0 Å². The van der Waals surface area contributed by atoms with Crippen LogP contribution in [0.2, 0.25) is 0 Å². The Kier molecular flexibility index (Phi) is 2.86. The highest BCUT2D eigenvalue weighted by atomic mass is 15.3. The van der Waals surface area contributed by atoms with Gasteiger partial charge in [-0.15, -0.1) is 0 Å². The minimum absolute atomic E-state index is 0.571. The molecule has 20 heavy (non-hydrogen) atoms. The zero-order valence-corrected chi connectivity index (χ0v) is 12.3. The van der Waals surface area contributed by atoms with Crippen molar-refractivity contribution in [2.24, 2.45) is 5.92 Å². The van der Waals surface area contributed by atoms with Crippen molar-refractivity contribution >= 4 is 11.6 Å². The fourth-order valence-corrected chi connectivity index (χ4v) is 4.01. The van der Waals surface area contributed by atoms with Gasteiger partial charge in [-0.1, -0.05) is 12.8 Å². The minimum Gasteiger partial charge on any atom is -0.383 e. The van der Waals surface area contributed by atoms with Crippen LogP contribution in [0.25, 0.3) is 0 Å². The fourth-order valence-electron chi connectivity index (χ4n) is 4.01. The van der Waals surface area contributed by atoms with Crippen molar-refractivity contribution in [3.05, 3.63) is 11.4 Å². The first-order chi connectivity index (χ1) is 9.74. The molecular weight excluding hydrogens is 248 g/mol. The summed E-state index contributed by atoms with van der Waals surface area (Å²) in [6.45, 7) is 3.23. The smallest absolute Gasteiger partial charge is 0.137 e. The molecule has 4 rings (SSSR count). The molecule has 1 aromatic rings. The van der Waals surface area contributed by atoms with Crippen LogP contribution in [0.1, 0.15) is 62.3 Å². The van der Waals surface area contributed by atoms with E-state index >= 15 is 0 Å². The largest absolute Gasteiger partial charge is 0.383 e. The SMILES string of the molecule is Cc1c(N)nc(C2CC2)nc1N1CCC2CCCCC21. The molecule has 2 aliphatic carbocycles. The molecule has 2 unspecified atom stereocenters. The maximum atomic E-state index is 6.14. The van der Waals surface area contributed by atoms with Gasteiger partial charge in [0.2, 0.25) is 0 Å². The van der Waals surface area contributed by atoms with E-state index in [9.17, 15) is 0 Å². The molecular formula is C16H24N4. The van der Waals surface area contributed by atoms with E-state index < -0.39 is 0 Å². The summed E-state index contributed by atoms with van der Waals surface area (Å²) in [5.41, 5.74) is 7.23. The molecule has 3 fully saturated rings. The Hall–Kier alpha value is -1.32. The lowest BCUT2D eigenvalue weighted by Crippen LogP contribution is -2.36. The fraction of sp³-hybridized carbons (Fsp3) is 0.750. The lowest BCUT2D eigenvalue weighted by Gasteiger charge is -2.33. The summed E-state index contributed by atoms with van der Waals surface area (Å²) in [4.78, 5) is 12.0. The van der Waals surface area contributed by atoms with Crippen LogP contribution in [0.15, 0.2) is 0 Å². The molecule has 2 N–H and O–H groups in total. The van der Waals surface area contributed by atoms with E-state index in [1.807, 2.05) is 0 Å². The third-order valence-corrected chi connectivity index (χ3v) is 5.40. The predicted molar refractivity (Wildman–Crippen MR) is 80.9 cm³/mol. The van der Waals surface area contributed by atoms with Crippen molar-refractivity contribution in [1.29, 1.82) is 0 Å². The Morgan fingerprint density at radius 3 is 2.65 bits per heavy atom. The van der Waals surface area contributed by atoms with Gasteiger partial charge >= 0.3 is 0 Å². The van der Waals surface area contributed by atoms with Crippen LogP contribution in [-0.2, 0) is 0 Å². The van der Waals surface area contributed by atoms with Crippen molar-refractivity contribution in [2.45, 2.75) is 63.8 Å². The van der Waals surface area contributed by atoms with Gasteiger partial charge in [0, 0.05) is 24.1 Å². The number of nitrogens with two attached hydrogens (primary N) is 1. The summed E-state index contributed by atoms with van der Waals surface area (Å²) in [7, 11) is 0. The Bertz CT molecular complexity index is 523. The van der Waals surface area contributed by atoms with E-state index in [0.717, 1.165) is 29.7 Å². The van der Waals surface area contributed by atoms with Crippen molar-refractivity contribution in [3.63, 3.8) is 0 Å². The zero-order chi connectivity index (χ0) is 13.7. The van der Waals surface area contributed by atoms with Gasteiger partial charge in [0.25, 0.3) is 0 Å². The van der Waals surface area contributed by atoms with Crippen molar-refractivity contribution in [2.75, 3.05) is 17.2 Å². The number of anilines is 2. The molecule has 3 aliphatic rings. The maximum absolute atomic E-state index is 6.14. The summed E-state index contributed by atoms with van der Waals surface area (Å²) in [6.07, 6.45) is 9.29. The van der Waals surface area contributed by atoms with E-state index in [1.165, 1.54) is 44.9 Å². The van der Waals surface area contributed by atoms with Gasteiger partial charge in [-0.25, -0.2) is 9.97 Å². The number of hydrogen-bond acceptors (Lipinski definition) is 4. The van der Waals surface area contributed by atoms with Crippen molar-refractivity contribution < 1.29 is 0 Å². The van der Waals surface area contributed by atoms with Crippen LogP contribution in [0.3, 0.4) is 0 Å². The zero-order valence-electron chi connectivity index (χ0n) is 12.3. The second-order valence-electron chi connectivity index (χ2n) is 6.78. The molecule has 2 heterocycles. The van der Waals surface area contributed by atoms with Gasteiger partial charge in [-0.05, 0) is 44.9 Å². The molecule has 1 aliphatic heterocycles. The maximum Gasteiger partial charge on any atom is 0.137 e. The molecule has 0 aromatic carbocycles. The predicted octanol–water partition coefficient (Wildman–Crippen LogP) is 3.01. The standard InChI is InChI=1S/C16H24N4/c1-10-14(17)18-15(12-6-7-12)19-16(10)20-9-8-11-4-2-3-5-13(11)20/h11-13H,2-9H2,1H3,(H2,17,18,19). The minimum atomic E-state index is 0.571. The summed E-state index contributed by atoms with van der Waals surface area (Å²) < 4.78 is 0. The molecule has 2 atom stereocenters. The van der Waals surface area contributed by atoms with Gasteiger partial charge in [-0.3, -0.25) is 0 Å². The molecule has 108 valence electrons. The molecule has 2 saturated carbocycles. The first kappa shape index (κ1) is 12.4. The first-order valence-corrected chi connectivity index (χ1v) is 8.14. The number of fused-ring (bicyclic) bond motifs is 1. The second kappa shape index (κ2) is 4.61. The normalized spacial score (nSPS) is 29.6. The molecule has 4 heteroatoms. The second-order valence-corrected chi connectivity index (χ2v) is 6.78. The highest BCUT2D eigenvalue weighted by molar-refractivity contribution is 5.58. The Balaban J connectivity index is 1.70. The molecule has 1 saturated heterocycles. The quantitative estimate of drug-likeness (QED) is 0.899. The van der Waals surface area contributed by atoms with Crippen LogP contribution >= 0.6 is 0 Å². The van der Waals surface area contributed by atoms with E-state index in [4.69, 9.17) is 10.7 Å². The number of rotatable bonds is 2. The number of nitrogen functional groups attached to an aromatic ring is 1. The van der Waals surface area contributed by atoms with Gasteiger partial charge in [0.1, 0.15) is 17.5 Å². The van der Waals surface area contributed by atoms with Gasteiger partial charge < -0.3 is 10.6 Å². The van der Waals surface area contributed by atoms with Crippen LogP contribution in [-0.4, -0.2) is 22.6 Å². The molecule has 0 amide bonds. The summed E-state index contributed by atoms with van der Waals surface area (Å²) in [5.74, 6) is 4.26. The third kappa shape index (κ3) is 1.97. The molecule has 0 radical (unpaired) electrons. The monoisotopic (exact) mass is 272 g/mol. The van der Waals surface area contributed by atoms with Crippen molar-refractivity contribution in [1.82, 2.24) is 9.97 Å². The Labute approximate surface area is 120 Å². The third-order valence-electron chi connectivity index (χ3n) is 5.40. The van der Waals surface area contributed by atoms with E-state index in [1.54, 1.807) is 0 Å². The lowest BCUT2D eigenvalue weighted by molar-refractivity contribution is 0.341. The molecule has 1 aromatic heterocycles. The Morgan fingerprint density at radius 1 is 1.05 bits per heavy atom. The average Bonchev–Trinajstić information content (AvgIpc) is 3.22. The molecule has 0 spiro atoms. The lowest BCUT2D eigenvalue weighted by atomic mass is 9.85. The highest BCUT2D eigenvalue weighted by Crippen LogP contribution is 2.42. The van der Waals surface area contributed by atoms with Crippen LogP contribution in [0, 0.1) is 12.8 Å². The van der Waals surface area contributed by atoms with Gasteiger partial charge in [0.05, 0.1) is 0 Å². The van der Waals surface area contributed by atoms with Crippen LogP contribution < -0.4 is 10.6 Å². The summed E-state index contributed by atoms with van der Waals surface area (Å²) in [6, 6.07) is 0.698. The summed E-state index contributed by atoms with van der Waals surface area (Å²) in [5, 5.41) is 0. The number of nitrogens with zero attached hydrogens (tertiary/aromatic N) is 3.